The summed E-state index contributed by atoms with van der Waals surface area (Å²) in [5.41, 5.74) is -0.0183. The van der Waals surface area contributed by atoms with Crippen molar-refractivity contribution >= 4 is 0 Å². The van der Waals surface area contributed by atoms with E-state index in [4.69, 9.17) is 4.74 Å². The van der Waals surface area contributed by atoms with Gasteiger partial charge in [-0.15, -0.1) is 0 Å². The van der Waals surface area contributed by atoms with Crippen LogP contribution in [-0.4, -0.2) is 48.0 Å². The van der Waals surface area contributed by atoms with Crippen LogP contribution < -0.4 is 4.74 Å². The molecule has 0 bridgehead atoms. The van der Waals surface area contributed by atoms with Crippen LogP contribution in [0.4, 0.5) is 13.2 Å². The number of hydrogen-bond donors (Lipinski definition) is 0. The minimum absolute atomic E-state index is 0.408. The van der Waals surface area contributed by atoms with Crippen LogP contribution in [0, 0.1) is 0 Å². The molecule has 0 aliphatic carbocycles. The molecule has 3 rings (SSSR count). The van der Waals surface area contributed by atoms with Crippen LogP contribution in [0.2, 0.25) is 0 Å². The van der Waals surface area contributed by atoms with Crippen molar-refractivity contribution in [3.63, 3.8) is 0 Å². The van der Waals surface area contributed by atoms with E-state index >= 15 is 0 Å². The molecule has 0 radical (unpaired) electrons. The number of aromatic nitrogens is 1. The molecule has 0 atom stereocenters. The average Bonchev–Trinajstić information content (AvgIpc) is 2.58. The van der Waals surface area contributed by atoms with E-state index < -0.39 is 17.6 Å². The molecule has 1 fully saturated rings. The Morgan fingerprint density at radius 3 is 2.48 bits per heavy atom. The largest absolute Gasteiger partial charge is 0.438 e. The van der Waals surface area contributed by atoms with E-state index in [0.717, 1.165) is 37.8 Å². The highest BCUT2D eigenvalue weighted by molar-refractivity contribution is 5.39. The molecule has 134 valence electrons. The van der Waals surface area contributed by atoms with Crippen molar-refractivity contribution in [1.82, 2.24) is 14.8 Å². The van der Waals surface area contributed by atoms with E-state index in [0.29, 0.717) is 12.3 Å². The van der Waals surface area contributed by atoms with Crippen molar-refractivity contribution in [1.29, 1.82) is 0 Å². The topological polar surface area (TPSA) is 28.6 Å². The van der Waals surface area contributed by atoms with E-state index in [1.807, 2.05) is 12.1 Å². The lowest BCUT2D eigenvalue weighted by molar-refractivity contribution is -0.138. The first-order valence-corrected chi connectivity index (χ1v) is 8.12. The number of ether oxygens (including phenoxy) is 1. The second kappa shape index (κ2) is 7.41. The number of likely N-dealkylation sites (N-methyl/N-ethyl adjacent to an activating group) is 1. The van der Waals surface area contributed by atoms with Crippen molar-refractivity contribution in [2.75, 3.05) is 33.2 Å². The molecule has 0 amide bonds. The highest BCUT2D eigenvalue weighted by Gasteiger charge is 2.35. The van der Waals surface area contributed by atoms with Crippen LogP contribution >= 0.6 is 0 Å². The zero-order chi connectivity index (χ0) is 17.9. The van der Waals surface area contributed by atoms with Crippen molar-refractivity contribution in [2.45, 2.75) is 12.7 Å². The minimum Gasteiger partial charge on any atom is -0.438 e. The van der Waals surface area contributed by atoms with Crippen LogP contribution in [0.5, 0.6) is 11.6 Å². The summed E-state index contributed by atoms with van der Waals surface area (Å²) in [6.45, 7) is 4.42. The number of para-hydroxylation sites is 1. The number of rotatable bonds is 4. The second-order valence-corrected chi connectivity index (χ2v) is 6.14. The Morgan fingerprint density at radius 1 is 1.04 bits per heavy atom. The normalized spacial score (nSPS) is 16.8. The lowest BCUT2D eigenvalue weighted by Crippen LogP contribution is -2.43. The first kappa shape index (κ1) is 17.7. The first-order chi connectivity index (χ1) is 11.9. The predicted molar refractivity (Wildman–Crippen MR) is 88.5 cm³/mol. The third-order valence-electron chi connectivity index (χ3n) is 4.25. The smallest absolute Gasteiger partial charge is 0.421 e. The average molecular weight is 351 g/mol. The molecule has 0 N–H and O–H groups in total. The predicted octanol–water partition coefficient (Wildman–Crippen LogP) is 3.64. The van der Waals surface area contributed by atoms with Gasteiger partial charge in [0.1, 0.15) is 11.3 Å². The molecule has 1 aromatic carbocycles. The Balaban J connectivity index is 1.80. The quantitative estimate of drug-likeness (QED) is 0.841. The molecule has 1 saturated heterocycles. The Morgan fingerprint density at radius 2 is 1.76 bits per heavy atom. The van der Waals surface area contributed by atoms with Crippen LogP contribution in [0.1, 0.15) is 11.1 Å². The first-order valence-electron chi connectivity index (χ1n) is 8.12. The molecule has 25 heavy (non-hydrogen) atoms. The molecule has 0 spiro atoms. The molecule has 2 aromatic rings. The summed E-state index contributed by atoms with van der Waals surface area (Å²) in [4.78, 5) is 8.30. The van der Waals surface area contributed by atoms with Gasteiger partial charge in [0.25, 0.3) is 0 Å². The monoisotopic (exact) mass is 351 g/mol. The Bertz CT molecular complexity index is 713. The summed E-state index contributed by atoms with van der Waals surface area (Å²) in [5, 5.41) is 0. The highest BCUT2D eigenvalue weighted by Crippen LogP contribution is 2.37. The standard InChI is InChI=1S/C18H20F3N3O/c1-23-9-11-24(12-10-23)13-14-5-2-3-7-16(14)25-17-15(18(19,20)21)6-4-8-22-17/h2-8H,9-13H2,1H3. The van der Waals surface area contributed by atoms with Gasteiger partial charge in [0, 0.05) is 44.5 Å². The second-order valence-electron chi connectivity index (χ2n) is 6.14. The third-order valence-corrected chi connectivity index (χ3v) is 4.25. The fraction of sp³-hybridized carbons (Fsp3) is 0.389. The molecule has 0 unspecified atom stereocenters. The molecular formula is C18H20F3N3O. The molecule has 1 aliphatic rings. The van der Waals surface area contributed by atoms with E-state index in [9.17, 15) is 13.2 Å². The summed E-state index contributed by atoms with van der Waals surface area (Å²) in [5.74, 6) is -0.00791. The van der Waals surface area contributed by atoms with E-state index in [-0.39, 0.29) is 0 Å². The zero-order valence-electron chi connectivity index (χ0n) is 14.0. The van der Waals surface area contributed by atoms with Crippen LogP contribution in [0.15, 0.2) is 42.6 Å². The van der Waals surface area contributed by atoms with Gasteiger partial charge in [0.05, 0.1) is 0 Å². The minimum atomic E-state index is -4.50. The van der Waals surface area contributed by atoms with Crippen molar-refractivity contribution in [3.05, 3.63) is 53.7 Å². The van der Waals surface area contributed by atoms with Gasteiger partial charge >= 0.3 is 6.18 Å². The summed E-state index contributed by atoms with van der Waals surface area (Å²) in [7, 11) is 2.08. The lowest BCUT2D eigenvalue weighted by atomic mass is 10.1. The summed E-state index contributed by atoms with van der Waals surface area (Å²) >= 11 is 0. The third kappa shape index (κ3) is 4.49. The lowest BCUT2D eigenvalue weighted by Gasteiger charge is -2.32. The van der Waals surface area contributed by atoms with Gasteiger partial charge in [0.2, 0.25) is 5.88 Å². The van der Waals surface area contributed by atoms with Gasteiger partial charge in [0.15, 0.2) is 0 Å². The van der Waals surface area contributed by atoms with Crippen molar-refractivity contribution in [2.24, 2.45) is 0 Å². The van der Waals surface area contributed by atoms with Gasteiger partial charge in [-0.2, -0.15) is 13.2 Å². The van der Waals surface area contributed by atoms with Crippen molar-refractivity contribution in [3.8, 4) is 11.6 Å². The van der Waals surface area contributed by atoms with Gasteiger partial charge in [-0.1, -0.05) is 18.2 Å². The van der Waals surface area contributed by atoms with Crippen LogP contribution in [0.3, 0.4) is 0 Å². The Labute approximate surface area is 144 Å². The number of alkyl halides is 3. The number of pyridine rings is 1. The van der Waals surface area contributed by atoms with E-state index in [2.05, 4.69) is 21.8 Å². The maximum atomic E-state index is 13.1. The fourth-order valence-electron chi connectivity index (χ4n) is 2.77. The van der Waals surface area contributed by atoms with E-state index in [1.54, 1.807) is 12.1 Å². The highest BCUT2D eigenvalue weighted by atomic mass is 19.4. The maximum absolute atomic E-state index is 13.1. The zero-order valence-corrected chi connectivity index (χ0v) is 14.0. The van der Waals surface area contributed by atoms with Gasteiger partial charge < -0.3 is 9.64 Å². The fourth-order valence-corrected chi connectivity index (χ4v) is 2.77. The number of halogens is 3. The number of hydrogen-bond acceptors (Lipinski definition) is 4. The summed E-state index contributed by atoms with van der Waals surface area (Å²) in [6.07, 6.45) is -3.20. The molecule has 4 nitrogen and oxygen atoms in total. The van der Waals surface area contributed by atoms with Gasteiger partial charge in [-0.05, 0) is 25.2 Å². The molecule has 0 saturated carbocycles. The molecular weight excluding hydrogens is 331 g/mol. The van der Waals surface area contributed by atoms with Gasteiger partial charge in [-0.3, -0.25) is 4.90 Å². The van der Waals surface area contributed by atoms with Crippen LogP contribution in [-0.2, 0) is 12.7 Å². The van der Waals surface area contributed by atoms with Crippen LogP contribution in [0.25, 0.3) is 0 Å². The number of nitrogens with zero attached hydrogens (tertiary/aromatic N) is 3. The summed E-state index contributed by atoms with van der Waals surface area (Å²) < 4.78 is 44.9. The molecule has 1 aliphatic heterocycles. The molecule has 1 aromatic heterocycles. The molecule has 2 heterocycles. The Kier molecular flexibility index (Phi) is 5.24. The molecule has 7 heteroatoms. The van der Waals surface area contributed by atoms with Crippen molar-refractivity contribution < 1.29 is 17.9 Å². The summed E-state index contributed by atoms with van der Waals surface area (Å²) in [6, 6.07) is 9.40. The number of benzene rings is 1. The van der Waals surface area contributed by atoms with E-state index in [1.165, 1.54) is 12.3 Å². The maximum Gasteiger partial charge on any atom is 0.421 e. The SMILES string of the molecule is CN1CCN(Cc2ccccc2Oc2ncccc2C(F)(F)F)CC1. The van der Waals surface area contributed by atoms with Gasteiger partial charge in [-0.25, -0.2) is 4.98 Å². The Hall–Kier alpha value is -2.12. The number of piperazine rings is 1.